The minimum absolute atomic E-state index is 0.227. The quantitative estimate of drug-likeness (QED) is 0.840. The topological polar surface area (TPSA) is 70.2 Å². The molecular weight excluding hydrogens is 314 g/mol. The van der Waals surface area contributed by atoms with E-state index >= 15 is 0 Å². The van der Waals surface area contributed by atoms with Crippen LogP contribution in [0.15, 0.2) is 36.4 Å². The van der Waals surface area contributed by atoms with Crippen molar-refractivity contribution in [2.45, 2.75) is 40.2 Å². The van der Waals surface area contributed by atoms with Crippen molar-refractivity contribution in [3.63, 3.8) is 0 Å². The van der Waals surface area contributed by atoms with Crippen molar-refractivity contribution >= 4 is 23.1 Å². The molecule has 0 saturated heterocycles. The second-order valence-electron chi connectivity index (χ2n) is 6.85. The Morgan fingerprint density at radius 2 is 1.64 bits per heavy atom. The average Bonchev–Trinajstić information content (AvgIpc) is 2.56. The van der Waals surface area contributed by atoms with Crippen molar-refractivity contribution in [2.24, 2.45) is 0 Å². The van der Waals surface area contributed by atoms with Gasteiger partial charge in [0.1, 0.15) is 0 Å². The molecule has 25 heavy (non-hydrogen) atoms. The smallest absolute Gasteiger partial charge is 0.272 e. The van der Waals surface area contributed by atoms with E-state index in [1.807, 2.05) is 32.9 Å². The molecule has 0 fully saturated rings. The summed E-state index contributed by atoms with van der Waals surface area (Å²) in [7, 11) is 0. The minimum Gasteiger partial charge on any atom is -0.372 e. The monoisotopic (exact) mass is 341 g/mol. The lowest BCUT2D eigenvalue weighted by molar-refractivity contribution is 0.0913. The van der Waals surface area contributed by atoms with E-state index in [0.29, 0.717) is 11.5 Å². The number of rotatable bonds is 6. The summed E-state index contributed by atoms with van der Waals surface area (Å²) < 4.78 is 0. The molecule has 1 amide bonds. The Balaban J connectivity index is 2.02. The van der Waals surface area contributed by atoms with Crippen LogP contribution in [0, 0.1) is 0 Å². The zero-order valence-corrected chi connectivity index (χ0v) is 15.6. The van der Waals surface area contributed by atoms with E-state index in [9.17, 15) is 4.79 Å². The van der Waals surface area contributed by atoms with E-state index in [4.69, 9.17) is 0 Å². The van der Waals surface area contributed by atoms with Gasteiger partial charge in [-0.1, -0.05) is 0 Å². The molecule has 0 radical (unpaired) electrons. The molecule has 1 aromatic carbocycles. The molecule has 1 heterocycles. The van der Waals surface area contributed by atoms with Crippen LogP contribution in [0.5, 0.6) is 0 Å². The molecule has 0 saturated carbocycles. The molecule has 1 aromatic heterocycles. The summed E-state index contributed by atoms with van der Waals surface area (Å²) >= 11 is 0. The van der Waals surface area contributed by atoms with Crippen molar-refractivity contribution in [3.05, 3.63) is 42.1 Å². The number of aromatic nitrogens is 2. The molecule has 2 rings (SSSR count). The Morgan fingerprint density at radius 3 is 2.12 bits per heavy atom. The van der Waals surface area contributed by atoms with E-state index in [-0.39, 0.29) is 11.4 Å². The lowest BCUT2D eigenvalue weighted by atomic mass is 10.1. The molecule has 2 aromatic rings. The maximum atomic E-state index is 12.0. The molecule has 0 aliphatic heterocycles. The van der Waals surface area contributed by atoms with E-state index in [1.165, 1.54) is 5.69 Å². The molecule has 0 aliphatic carbocycles. The Morgan fingerprint density at radius 1 is 1.00 bits per heavy atom. The lowest BCUT2D eigenvalue weighted by Gasteiger charge is -2.21. The minimum atomic E-state index is -0.303. The van der Waals surface area contributed by atoms with Crippen LogP contribution in [0.25, 0.3) is 0 Å². The molecule has 0 spiro atoms. The lowest BCUT2D eigenvalue weighted by Crippen LogP contribution is -2.41. The van der Waals surface area contributed by atoms with Gasteiger partial charge in [-0.05, 0) is 71.0 Å². The van der Waals surface area contributed by atoms with Crippen molar-refractivity contribution in [3.8, 4) is 0 Å². The maximum Gasteiger partial charge on any atom is 0.272 e. The van der Waals surface area contributed by atoms with Crippen LogP contribution in [0.4, 0.5) is 17.2 Å². The fraction of sp³-hybridized carbons (Fsp3) is 0.421. The van der Waals surface area contributed by atoms with Gasteiger partial charge in [-0.15, -0.1) is 10.2 Å². The van der Waals surface area contributed by atoms with Gasteiger partial charge < -0.3 is 15.5 Å². The van der Waals surface area contributed by atoms with Gasteiger partial charge in [-0.2, -0.15) is 0 Å². The van der Waals surface area contributed by atoms with Crippen LogP contribution in [0.1, 0.15) is 45.1 Å². The van der Waals surface area contributed by atoms with Crippen LogP contribution >= 0.6 is 0 Å². The first-order chi connectivity index (χ1) is 11.8. The van der Waals surface area contributed by atoms with Gasteiger partial charge in [-0.25, -0.2) is 0 Å². The van der Waals surface area contributed by atoms with E-state index < -0.39 is 0 Å². The van der Waals surface area contributed by atoms with Crippen LogP contribution in [-0.2, 0) is 0 Å². The summed E-state index contributed by atoms with van der Waals surface area (Å²) in [6, 6.07) is 11.6. The van der Waals surface area contributed by atoms with Gasteiger partial charge in [0.2, 0.25) is 0 Å². The van der Waals surface area contributed by atoms with Crippen molar-refractivity contribution in [1.82, 2.24) is 15.5 Å². The highest BCUT2D eigenvalue weighted by atomic mass is 16.2. The van der Waals surface area contributed by atoms with Crippen molar-refractivity contribution < 1.29 is 4.79 Å². The number of benzene rings is 1. The normalized spacial score (nSPS) is 11.1. The second kappa shape index (κ2) is 7.96. The number of nitrogens with one attached hydrogen (secondary N) is 2. The summed E-state index contributed by atoms with van der Waals surface area (Å²) in [5, 5.41) is 14.1. The summed E-state index contributed by atoms with van der Waals surface area (Å²) in [5.41, 5.74) is 2.12. The summed E-state index contributed by atoms with van der Waals surface area (Å²) in [4.78, 5) is 14.3. The van der Waals surface area contributed by atoms with Gasteiger partial charge in [0, 0.05) is 30.0 Å². The summed E-state index contributed by atoms with van der Waals surface area (Å²) in [6.07, 6.45) is 0. The van der Waals surface area contributed by atoms with Gasteiger partial charge in [-0.3, -0.25) is 4.79 Å². The zero-order valence-electron chi connectivity index (χ0n) is 15.6. The first-order valence-electron chi connectivity index (χ1n) is 8.60. The molecule has 0 aliphatic rings. The van der Waals surface area contributed by atoms with Crippen LogP contribution < -0.4 is 15.5 Å². The maximum absolute atomic E-state index is 12.0. The number of hydrogen-bond acceptors (Lipinski definition) is 5. The first-order valence-corrected chi connectivity index (χ1v) is 8.60. The molecular formula is C19H27N5O. The molecule has 134 valence electrons. The Labute approximate surface area is 149 Å². The Hall–Kier alpha value is -2.63. The van der Waals surface area contributed by atoms with Crippen LogP contribution in [0.2, 0.25) is 0 Å². The van der Waals surface area contributed by atoms with Crippen LogP contribution in [0.3, 0.4) is 0 Å². The number of carbonyl (C=O) groups excluding carboxylic acids is 1. The molecule has 2 N–H and O–H groups in total. The van der Waals surface area contributed by atoms with E-state index in [2.05, 4.69) is 51.7 Å². The van der Waals surface area contributed by atoms with E-state index in [0.717, 1.165) is 18.8 Å². The highest BCUT2D eigenvalue weighted by Crippen LogP contribution is 2.20. The fourth-order valence-electron chi connectivity index (χ4n) is 2.42. The van der Waals surface area contributed by atoms with Crippen LogP contribution in [-0.4, -0.2) is 34.7 Å². The largest absolute Gasteiger partial charge is 0.372 e. The highest BCUT2D eigenvalue weighted by Gasteiger charge is 2.16. The standard InChI is InChI=1S/C19H27N5O/c1-6-24(7-2)15-10-8-14(9-11-15)20-17-13-12-16(22-23-17)18(25)21-19(3,4)5/h8-13H,6-7H2,1-5H3,(H,20,23)(H,21,25). The predicted octanol–water partition coefficient (Wildman–Crippen LogP) is 3.59. The zero-order chi connectivity index (χ0) is 18.4. The fourth-order valence-corrected chi connectivity index (χ4v) is 2.42. The summed E-state index contributed by atoms with van der Waals surface area (Å²) in [5.74, 6) is 0.373. The third-order valence-corrected chi connectivity index (χ3v) is 3.65. The molecule has 6 nitrogen and oxygen atoms in total. The average molecular weight is 341 g/mol. The summed E-state index contributed by atoms with van der Waals surface area (Å²) in [6.45, 7) is 12.0. The highest BCUT2D eigenvalue weighted by molar-refractivity contribution is 5.92. The third kappa shape index (κ3) is 5.45. The van der Waals surface area contributed by atoms with Gasteiger partial charge in [0.15, 0.2) is 11.5 Å². The third-order valence-electron chi connectivity index (χ3n) is 3.65. The molecule has 0 atom stereocenters. The number of nitrogens with zero attached hydrogens (tertiary/aromatic N) is 3. The van der Waals surface area contributed by atoms with Crippen molar-refractivity contribution in [1.29, 1.82) is 0 Å². The van der Waals surface area contributed by atoms with E-state index in [1.54, 1.807) is 12.1 Å². The van der Waals surface area contributed by atoms with Gasteiger partial charge in [0.05, 0.1) is 0 Å². The first kappa shape index (κ1) is 18.7. The second-order valence-corrected chi connectivity index (χ2v) is 6.85. The van der Waals surface area contributed by atoms with Gasteiger partial charge >= 0.3 is 0 Å². The molecule has 6 heteroatoms. The molecule has 0 unspecified atom stereocenters. The Bertz CT molecular complexity index is 685. The van der Waals surface area contributed by atoms with Crippen molar-refractivity contribution in [2.75, 3.05) is 23.3 Å². The number of hydrogen-bond donors (Lipinski definition) is 2. The Kier molecular flexibility index (Phi) is 5.96. The number of carbonyl (C=O) groups is 1. The predicted molar refractivity (Wildman–Crippen MR) is 103 cm³/mol. The number of anilines is 3. The number of amides is 1. The SMILES string of the molecule is CCN(CC)c1ccc(Nc2ccc(C(=O)NC(C)(C)C)nn2)cc1. The van der Waals surface area contributed by atoms with Gasteiger partial charge in [0.25, 0.3) is 5.91 Å². The molecule has 0 bridgehead atoms.